The fraction of sp³-hybridized carbons (Fsp3) is 0.625. The summed E-state index contributed by atoms with van der Waals surface area (Å²) in [7, 11) is 3.72. The second-order valence-electron chi connectivity index (χ2n) is 3.19. The average molecular weight is 196 g/mol. The van der Waals surface area contributed by atoms with Gasteiger partial charge < -0.3 is 5.73 Å². The molecule has 78 valence electrons. The molecular formula is C8H16N6. The molecule has 0 aromatic carbocycles. The molecule has 6 heteroatoms. The van der Waals surface area contributed by atoms with Crippen molar-refractivity contribution in [2.75, 3.05) is 25.3 Å². The number of hydrazine groups is 1. The Morgan fingerprint density at radius 2 is 2.00 bits per heavy atom. The molecular weight excluding hydrogens is 180 g/mol. The van der Waals surface area contributed by atoms with Crippen molar-refractivity contribution in [2.45, 2.75) is 19.8 Å². The Balaban J connectivity index is 2.83. The number of rotatable bonds is 4. The van der Waals surface area contributed by atoms with Gasteiger partial charge >= 0.3 is 0 Å². The quantitative estimate of drug-likeness (QED) is 0.674. The molecule has 0 fully saturated rings. The minimum Gasteiger partial charge on any atom is -0.368 e. The summed E-state index contributed by atoms with van der Waals surface area (Å²) in [5, 5.41) is 1.75. The highest BCUT2D eigenvalue weighted by Crippen LogP contribution is 2.04. The van der Waals surface area contributed by atoms with Gasteiger partial charge in [0.25, 0.3) is 0 Å². The molecule has 0 aliphatic heterocycles. The number of anilines is 2. The first-order chi connectivity index (χ1) is 6.61. The summed E-state index contributed by atoms with van der Waals surface area (Å²) < 4.78 is 0. The zero-order valence-electron chi connectivity index (χ0n) is 8.78. The Kier molecular flexibility index (Phi) is 3.58. The molecule has 6 nitrogen and oxygen atoms in total. The van der Waals surface area contributed by atoms with E-state index in [9.17, 15) is 0 Å². The molecule has 3 N–H and O–H groups in total. The van der Waals surface area contributed by atoms with Crippen LogP contribution in [0.5, 0.6) is 0 Å². The Morgan fingerprint density at radius 1 is 1.29 bits per heavy atom. The topological polar surface area (TPSA) is 80.0 Å². The second kappa shape index (κ2) is 4.71. The fourth-order valence-corrected chi connectivity index (χ4v) is 1.02. The first-order valence-electron chi connectivity index (χ1n) is 4.56. The summed E-state index contributed by atoms with van der Waals surface area (Å²) in [4.78, 5) is 12.2. The highest BCUT2D eigenvalue weighted by molar-refractivity contribution is 5.29. The molecule has 1 aromatic heterocycles. The van der Waals surface area contributed by atoms with Crippen molar-refractivity contribution in [1.29, 1.82) is 0 Å². The number of nitrogens with one attached hydrogen (secondary N) is 1. The van der Waals surface area contributed by atoms with Gasteiger partial charge in [0.15, 0.2) is 0 Å². The van der Waals surface area contributed by atoms with Crippen LogP contribution in [0.25, 0.3) is 0 Å². The van der Waals surface area contributed by atoms with Crippen molar-refractivity contribution in [3.8, 4) is 0 Å². The molecule has 0 spiro atoms. The third-order valence-corrected chi connectivity index (χ3v) is 1.50. The molecule has 0 saturated carbocycles. The molecule has 1 rings (SSSR count). The van der Waals surface area contributed by atoms with Gasteiger partial charge in [-0.25, -0.2) is 5.01 Å². The summed E-state index contributed by atoms with van der Waals surface area (Å²) in [5.41, 5.74) is 8.48. The van der Waals surface area contributed by atoms with Crippen molar-refractivity contribution in [2.24, 2.45) is 0 Å². The van der Waals surface area contributed by atoms with E-state index < -0.39 is 0 Å². The summed E-state index contributed by atoms with van der Waals surface area (Å²) in [6.07, 6.45) is 1.81. The lowest BCUT2D eigenvalue weighted by Crippen LogP contribution is -2.22. The van der Waals surface area contributed by atoms with Crippen LogP contribution in [0.4, 0.5) is 11.9 Å². The van der Waals surface area contributed by atoms with E-state index in [1.807, 2.05) is 14.1 Å². The maximum absolute atomic E-state index is 5.54. The zero-order valence-corrected chi connectivity index (χ0v) is 8.78. The molecule has 0 unspecified atom stereocenters. The average Bonchev–Trinajstić information content (AvgIpc) is 2.01. The normalized spacial score (nSPS) is 10.6. The molecule has 0 saturated heterocycles. The van der Waals surface area contributed by atoms with E-state index in [4.69, 9.17) is 5.73 Å². The van der Waals surface area contributed by atoms with Crippen LogP contribution in [0, 0.1) is 0 Å². The first-order valence-corrected chi connectivity index (χ1v) is 4.56. The highest BCUT2D eigenvalue weighted by Gasteiger charge is 2.03. The lowest BCUT2D eigenvalue weighted by molar-refractivity contribution is 0.488. The van der Waals surface area contributed by atoms with Crippen molar-refractivity contribution < 1.29 is 0 Å². The molecule has 0 bridgehead atoms. The van der Waals surface area contributed by atoms with Gasteiger partial charge in [-0.1, -0.05) is 6.92 Å². The minimum atomic E-state index is 0.257. The Bertz CT molecular complexity index is 298. The number of hydrogen-bond acceptors (Lipinski definition) is 6. The van der Waals surface area contributed by atoms with Crippen LogP contribution in [-0.4, -0.2) is 34.1 Å². The predicted molar refractivity (Wildman–Crippen MR) is 55.5 cm³/mol. The molecule has 14 heavy (non-hydrogen) atoms. The van der Waals surface area contributed by atoms with Gasteiger partial charge in [0.05, 0.1) is 0 Å². The third-order valence-electron chi connectivity index (χ3n) is 1.50. The standard InChI is InChI=1S/C8H16N6/c1-4-5-6-10-7(9)12-8(11-6)13-14(2)3/h4-5H2,1-3H3,(H3,9,10,11,12,13). The summed E-state index contributed by atoms with van der Waals surface area (Å²) >= 11 is 0. The van der Waals surface area contributed by atoms with Crippen LogP contribution in [0.2, 0.25) is 0 Å². The van der Waals surface area contributed by atoms with Gasteiger partial charge in [0.2, 0.25) is 11.9 Å². The largest absolute Gasteiger partial charge is 0.368 e. The third kappa shape index (κ3) is 3.14. The van der Waals surface area contributed by atoms with E-state index in [0.717, 1.165) is 18.7 Å². The monoisotopic (exact) mass is 196 g/mol. The predicted octanol–water partition coefficient (Wildman–Crippen LogP) is 0.295. The van der Waals surface area contributed by atoms with Crippen molar-refractivity contribution in [1.82, 2.24) is 20.0 Å². The fourth-order valence-electron chi connectivity index (χ4n) is 1.02. The Morgan fingerprint density at radius 3 is 2.57 bits per heavy atom. The van der Waals surface area contributed by atoms with Crippen LogP contribution in [0.3, 0.4) is 0 Å². The number of nitrogens with zero attached hydrogens (tertiary/aromatic N) is 4. The summed E-state index contributed by atoms with van der Waals surface area (Å²) in [6.45, 7) is 2.07. The van der Waals surface area contributed by atoms with Crippen LogP contribution in [0.1, 0.15) is 19.2 Å². The van der Waals surface area contributed by atoms with Gasteiger partial charge in [0, 0.05) is 20.5 Å². The minimum absolute atomic E-state index is 0.257. The number of aryl methyl sites for hydroxylation is 1. The van der Waals surface area contributed by atoms with E-state index in [1.54, 1.807) is 5.01 Å². The van der Waals surface area contributed by atoms with Gasteiger partial charge in [-0.3, -0.25) is 5.43 Å². The second-order valence-corrected chi connectivity index (χ2v) is 3.19. The summed E-state index contributed by atoms with van der Waals surface area (Å²) in [6, 6.07) is 0. The van der Waals surface area contributed by atoms with E-state index in [-0.39, 0.29) is 5.95 Å². The molecule has 0 aliphatic rings. The Hall–Kier alpha value is -1.43. The molecule has 1 heterocycles. The molecule has 0 amide bonds. The van der Waals surface area contributed by atoms with Crippen molar-refractivity contribution in [3.05, 3.63) is 5.82 Å². The summed E-state index contributed by atoms with van der Waals surface area (Å²) in [5.74, 6) is 1.48. The lowest BCUT2D eigenvalue weighted by atomic mass is 10.3. The van der Waals surface area contributed by atoms with E-state index in [0.29, 0.717) is 5.95 Å². The number of nitrogens with two attached hydrogens (primary N) is 1. The van der Waals surface area contributed by atoms with E-state index >= 15 is 0 Å². The van der Waals surface area contributed by atoms with Gasteiger partial charge in [-0.05, 0) is 6.42 Å². The van der Waals surface area contributed by atoms with Crippen molar-refractivity contribution in [3.63, 3.8) is 0 Å². The van der Waals surface area contributed by atoms with Crippen LogP contribution >= 0.6 is 0 Å². The molecule has 0 radical (unpaired) electrons. The smallest absolute Gasteiger partial charge is 0.242 e. The molecule has 1 aromatic rings. The zero-order chi connectivity index (χ0) is 10.6. The number of hydrogen-bond donors (Lipinski definition) is 2. The maximum atomic E-state index is 5.54. The lowest BCUT2D eigenvalue weighted by Gasteiger charge is -2.12. The van der Waals surface area contributed by atoms with E-state index in [2.05, 4.69) is 27.3 Å². The first kappa shape index (κ1) is 10.6. The van der Waals surface area contributed by atoms with Gasteiger partial charge in [0.1, 0.15) is 5.82 Å². The van der Waals surface area contributed by atoms with Crippen LogP contribution in [-0.2, 0) is 6.42 Å². The van der Waals surface area contributed by atoms with Crippen LogP contribution in [0.15, 0.2) is 0 Å². The van der Waals surface area contributed by atoms with Gasteiger partial charge in [-0.15, -0.1) is 0 Å². The molecule has 0 atom stereocenters. The van der Waals surface area contributed by atoms with Crippen LogP contribution < -0.4 is 11.2 Å². The highest BCUT2D eigenvalue weighted by atomic mass is 15.5. The molecule has 0 aliphatic carbocycles. The number of nitrogen functional groups attached to an aromatic ring is 1. The van der Waals surface area contributed by atoms with Gasteiger partial charge in [-0.2, -0.15) is 15.0 Å². The SMILES string of the molecule is CCCc1nc(N)nc(NN(C)C)n1. The number of aromatic nitrogens is 3. The van der Waals surface area contributed by atoms with E-state index in [1.165, 1.54) is 0 Å². The van der Waals surface area contributed by atoms with Crippen molar-refractivity contribution >= 4 is 11.9 Å². The maximum Gasteiger partial charge on any atom is 0.242 e. The Labute approximate surface area is 83.5 Å².